The van der Waals surface area contributed by atoms with E-state index in [4.69, 9.17) is 14.2 Å². The van der Waals surface area contributed by atoms with Crippen LogP contribution < -0.4 is 14.2 Å². The van der Waals surface area contributed by atoms with E-state index in [9.17, 15) is 0 Å². The van der Waals surface area contributed by atoms with Crippen LogP contribution in [-0.4, -0.2) is 13.2 Å². The Morgan fingerprint density at radius 3 is 2.35 bits per heavy atom. The zero-order valence-electron chi connectivity index (χ0n) is 11.8. The average molecular weight is 270 g/mol. The zero-order valence-corrected chi connectivity index (χ0v) is 11.8. The fraction of sp³-hybridized carbons (Fsp3) is 0.294. The molecule has 0 saturated carbocycles. The summed E-state index contributed by atoms with van der Waals surface area (Å²) < 4.78 is 16.9. The minimum absolute atomic E-state index is 0.558. The van der Waals surface area contributed by atoms with E-state index in [1.165, 1.54) is 16.7 Å². The molecule has 3 nitrogen and oxygen atoms in total. The van der Waals surface area contributed by atoms with Gasteiger partial charge in [0.2, 0.25) is 0 Å². The molecule has 1 heterocycles. The molecule has 0 amide bonds. The van der Waals surface area contributed by atoms with Gasteiger partial charge in [-0.15, -0.1) is 0 Å². The van der Waals surface area contributed by atoms with Crippen molar-refractivity contribution in [2.75, 3.05) is 13.2 Å². The van der Waals surface area contributed by atoms with E-state index < -0.39 is 0 Å². The van der Waals surface area contributed by atoms with Crippen LogP contribution in [0.4, 0.5) is 0 Å². The first-order chi connectivity index (χ1) is 9.70. The van der Waals surface area contributed by atoms with Crippen LogP contribution in [0, 0.1) is 13.8 Å². The summed E-state index contributed by atoms with van der Waals surface area (Å²) in [5, 5.41) is 0. The maximum atomic E-state index is 5.83. The number of ether oxygens (including phenoxy) is 3. The van der Waals surface area contributed by atoms with Gasteiger partial charge in [-0.3, -0.25) is 0 Å². The Balaban J connectivity index is 1.71. The number of fused-ring (bicyclic) bond motifs is 1. The second-order valence-corrected chi connectivity index (χ2v) is 5.09. The third-order valence-corrected chi connectivity index (χ3v) is 3.20. The normalized spacial score (nSPS) is 13.1. The van der Waals surface area contributed by atoms with E-state index in [0.29, 0.717) is 19.8 Å². The molecule has 0 unspecified atom stereocenters. The molecule has 0 atom stereocenters. The van der Waals surface area contributed by atoms with Crippen molar-refractivity contribution in [3.63, 3.8) is 0 Å². The Morgan fingerprint density at radius 1 is 0.900 bits per heavy atom. The zero-order chi connectivity index (χ0) is 13.9. The number of hydrogen-bond donors (Lipinski definition) is 0. The Kier molecular flexibility index (Phi) is 3.50. The van der Waals surface area contributed by atoms with Gasteiger partial charge in [0.15, 0.2) is 11.5 Å². The maximum Gasteiger partial charge on any atom is 0.165 e. The maximum absolute atomic E-state index is 5.83. The molecule has 0 fully saturated rings. The fourth-order valence-electron chi connectivity index (χ4n) is 2.43. The van der Waals surface area contributed by atoms with Crippen LogP contribution in [0.25, 0.3) is 0 Å². The predicted molar refractivity (Wildman–Crippen MR) is 77.7 cm³/mol. The van der Waals surface area contributed by atoms with Crippen molar-refractivity contribution in [2.24, 2.45) is 0 Å². The molecule has 0 N–H and O–H groups in total. The number of benzene rings is 2. The molecule has 1 aliphatic heterocycles. The minimum atomic E-state index is 0.558. The van der Waals surface area contributed by atoms with Crippen LogP contribution in [0.2, 0.25) is 0 Å². The van der Waals surface area contributed by atoms with Gasteiger partial charge in [-0.05, 0) is 31.5 Å². The van der Waals surface area contributed by atoms with Crippen molar-refractivity contribution in [3.05, 3.63) is 53.1 Å². The average Bonchev–Trinajstić information content (AvgIpc) is 2.44. The van der Waals surface area contributed by atoms with E-state index in [0.717, 1.165) is 17.2 Å². The summed E-state index contributed by atoms with van der Waals surface area (Å²) in [4.78, 5) is 0. The van der Waals surface area contributed by atoms with Crippen molar-refractivity contribution in [1.29, 1.82) is 0 Å². The third kappa shape index (κ3) is 2.87. The highest BCUT2D eigenvalue weighted by Gasteiger charge is 2.12. The van der Waals surface area contributed by atoms with Crippen LogP contribution in [0.1, 0.15) is 16.7 Å². The van der Waals surface area contributed by atoms with Crippen LogP contribution >= 0.6 is 0 Å². The monoisotopic (exact) mass is 270 g/mol. The Morgan fingerprint density at radius 2 is 1.60 bits per heavy atom. The van der Waals surface area contributed by atoms with Crippen LogP contribution in [0.3, 0.4) is 0 Å². The summed E-state index contributed by atoms with van der Waals surface area (Å²) in [6.45, 7) is 5.95. The lowest BCUT2D eigenvalue weighted by Gasteiger charge is -2.19. The van der Waals surface area contributed by atoms with Crippen LogP contribution in [0.5, 0.6) is 17.2 Å². The molecule has 0 radical (unpaired) electrons. The van der Waals surface area contributed by atoms with E-state index in [1.54, 1.807) is 0 Å². The van der Waals surface area contributed by atoms with E-state index in [2.05, 4.69) is 32.0 Å². The highest BCUT2D eigenvalue weighted by molar-refractivity contribution is 5.46. The van der Waals surface area contributed by atoms with Crippen molar-refractivity contribution >= 4 is 0 Å². The molecular formula is C17H18O3. The first-order valence-corrected chi connectivity index (χ1v) is 6.80. The Bertz CT molecular complexity index is 599. The Labute approximate surface area is 119 Å². The van der Waals surface area contributed by atoms with Gasteiger partial charge in [-0.1, -0.05) is 29.3 Å². The number of hydrogen-bond acceptors (Lipinski definition) is 3. The van der Waals surface area contributed by atoms with Gasteiger partial charge in [0.05, 0.1) is 0 Å². The van der Waals surface area contributed by atoms with Gasteiger partial charge >= 0.3 is 0 Å². The first-order valence-electron chi connectivity index (χ1n) is 6.80. The number of rotatable bonds is 3. The molecule has 104 valence electrons. The van der Waals surface area contributed by atoms with E-state index in [1.807, 2.05) is 18.2 Å². The van der Waals surface area contributed by atoms with Crippen molar-refractivity contribution in [3.8, 4) is 17.2 Å². The van der Waals surface area contributed by atoms with Gasteiger partial charge in [0.25, 0.3) is 0 Å². The summed E-state index contributed by atoms with van der Waals surface area (Å²) in [5.74, 6) is 2.34. The molecule has 2 aromatic rings. The SMILES string of the molecule is Cc1cc(C)cc(COc2ccc3c(c2)OCCO3)c1. The summed E-state index contributed by atoms with van der Waals surface area (Å²) in [7, 11) is 0. The predicted octanol–water partition coefficient (Wildman–Crippen LogP) is 3.65. The molecule has 0 aromatic heterocycles. The summed E-state index contributed by atoms with van der Waals surface area (Å²) in [5.41, 5.74) is 3.69. The lowest BCUT2D eigenvalue weighted by atomic mass is 10.1. The molecule has 3 heteroatoms. The van der Waals surface area contributed by atoms with Crippen molar-refractivity contribution < 1.29 is 14.2 Å². The smallest absolute Gasteiger partial charge is 0.165 e. The molecule has 20 heavy (non-hydrogen) atoms. The van der Waals surface area contributed by atoms with Crippen molar-refractivity contribution in [1.82, 2.24) is 0 Å². The van der Waals surface area contributed by atoms with E-state index in [-0.39, 0.29) is 0 Å². The van der Waals surface area contributed by atoms with Gasteiger partial charge in [-0.25, -0.2) is 0 Å². The third-order valence-electron chi connectivity index (χ3n) is 3.20. The second kappa shape index (κ2) is 5.45. The Hall–Kier alpha value is -2.16. The standard InChI is InChI=1S/C17H18O3/c1-12-7-13(2)9-14(8-12)11-20-15-3-4-16-17(10-15)19-6-5-18-16/h3-4,7-10H,5-6,11H2,1-2H3. The molecule has 0 saturated heterocycles. The molecule has 3 rings (SSSR count). The van der Waals surface area contributed by atoms with E-state index >= 15 is 0 Å². The number of aryl methyl sites for hydroxylation is 2. The highest BCUT2D eigenvalue weighted by Crippen LogP contribution is 2.33. The molecule has 2 aromatic carbocycles. The quantitative estimate of drug-likeness (QED) is 0.852. The van der Waals surface area contributed by atoms with Gasteiger partial charge < -0.3 is 14.2 Å². The minimum Gasteiger partial charge on any atom is -0.489 e. The molecule has 1 aliphatic rings. The van der Waals surface area contributed by atoms with Gasteiger partial charge in [-0.2, -0.15) is 0 Å². The lowest BCUT2D eigenvalue weighted by molar-refractivity contribution is 0.170. The second-order valence-electron chi connectivity index (χ2n) is 5.09. The molecule has 0 bridgehead atoms. The highest BCUT2D eigenvalue weighted by atomic mass is 16.6. The topological polar surface area (TPSA) is 27.7 Å². The fourth-order valence-corrected chi connectivity index (χ4v) is 2.43. The van der Waals surface area contributed by atoms with Crippen LogP contribution in [0.15, 0.2) is 36.4 Å². The van der Waals surface area contributed by atoms with Gasteiger partial charge in [0, 0.05) is 6.07 Å². The molecular weight excluding hydrogens is 252 g/mol. The summed E-state index contributed by atoms with van der Waals surface area (Å²) in [6, 6.07) is 12.1. The molecule has 0 spiro atoms. The molecule has 0 aliphatic carbocycles. The largest absolute Gasteiger partial charge is 0.489 e. The lowest BCUT2D eigenvalue weighted by Crippen LogP contribution is -2.15. The van der Waals surface area contributed by atoms with Gasteiger partial charge in [0.1, 0.15) is 25.6 Å². The summed E-state index contributed by atoms with van der Waals surface area (Å²) in [6.07, 6.45) is 0. The van der Waals surface area contributed by atoms with Crippen LogP contribution in [-0.2, 0) is 6.61 Å². The van der Waals surface area contributed by atoms with Crippen molar-refractivity contribution in [2.45, 2.75) is 20.5 Å². The summed E-state index contributed by atoms with van der Waals surface area (Å²) >= 11 is 0. The first kappa shape index (κ1) is 12.9.